The van der Waals surface area contributed by atoms with E-state index in [0.29, 0.717) is 6.54 Å². The summed E-state index contributed by atoms with van der Waals surface area (Å²) in [6.45, 7) is 2.77. The van der Waals surface area contributed by atoms with E-state index in [9.17, 15) is 0 Å². The van der Waals surface area contributed by atoms with Crippen LogP contribution in [0, 0.1) is 6.92 Å². The molecule has 0 aliphatic heterocycles. The Labute approximate surface area is 130 Å². The Morgan fingerprint density at radius 3 is 2.85 bits per heavy atom. The van der Waals surface area contributed by atoms with Gasteiger partial charge in [-0.15, -0.1) is 22.7 Å². The van der Waals surface area contributed by atoms with E-state index in [-0.39, 0.29) is 6.04 Å². The van der Waals surface area contributed by atoms with Crippen LogP contribution in [0.1, 0.15) is 26.6 Å². The molecule has 1 unspecified atom stereocenters. The van der Waals surface area contributed by atoms with Gasteiger partial charge in [0.15, 0.2) is 0 Å². The van der Waals surface area contributed by atoms with Crippen molar-refractivity contribution in [3.05, 3.63) is 61.6 Å². The fourth-order valence-electron chi connectivity index (χ4n) is 1.95. The smallest absolute Gasteiger partial charge is 0.126 e. The molecule has 6 heteroatoms. The molecule has 0 radical (unpaired) electrons. The molecule has 3 rings (SSSR count). The predicted octanol–water partition coefficient (Wildman–Crippen LogP) is 4.64. The fourth-order valence-corrected chi connectivity index (χ4v) is 3.84. The van der Waals surface area contributed by atoms with Crippen LogP contribution in [0.5, 0.6) is 0 Å². The van der Waals surface area contributed by atoms with E-state index < -0.39 is 0 Å². The number of thiazole rings is 1. The summed E-state index contributed by atoms with van der Waals surface area (Å²) >= 11 is 9.30. The van der Waals surface area contributed by atoms with Gasteiger partial charge in [0, 0.05) is 22.5 Å². The third-order valence-electron chi connectivity index (χ3n) is 2.83. The zero-order valence-electron chi connectivity index (χ0n) is 10.8. The molecule has 1 N–H and O–H groups in total. The summed E-state index contributed by atoms with van der Waals surface area (Å²) in [5, 5.41) is 4.56. The number of nitrogens with zero attached hydrogens (tertiary/aromatic N) is 1. The van der Waals surface area contributed by atoms with E-state index in [1.807, 2.05) is 30.5 Å². The van der Waals surface area contributed by atoms with Crippen molar-refractivity contribution in [2.45, 2.75) is 19.5 Å². The lowest BCUT2D eigenvalue weighted by atomic mass is 10.2. The Kier molecular flexibility index (Phi) is 4.21. The lowest BCUT2D eigenvalue weighted by molar-refractivity contribution is 0.449. The number of aryl methyl sites for hydroxylation is 1. The van der Waals surface area contributed by atoms with Gasteiger partial charge in [0.25, 0.3) is 0 Å². The summed E-state index contributed by atoms with van der Waals surface area (Å²) in [6.07, 6.45) is 3.58. The van der Waals surface area contributed by atoms with Gasteiger partial charge in [-0.2, -0.15) is 0 Å². The first-order valence-electron chi connectivity index (χ1n) is 6.15. The molecule has 0 aromatic carbocycles. The van der Waals surface area contributed by atoms with E-state index in [0.717, 1.165) is 20.0 Å². The van der Waals surface area contributed by atoms with Gasteiger partial charge in [-0.1, -0.05) is 11.6 Å². The van der Waals surface area contributed by atoms with Crippen LogP contribution in [-0.2, 0) is 6.54 Å². The minimum absolute atomic E-state index is 0.00621. The minimum atomic E-state index is 0.00621. The summed E-state index contributed by atoms with van der Waals surface area (Å²) in [5.41, 5.74) is 0. The van der Waals surface area contributed by atoms with Gasteiger partial charge >= 0.3 is 0 Å². The zero-order chi connectivity index (χ0) is 13.9. The molecule has 3 aromatic rings. The maximum atomic E-state index is 6.04. The Hall–Kier alpha value is -1.14. The second-order valence-electron chi connectivity index (χ2n) is 4.34. The maximum Gasteiger partial charge on any atom is 0.126 e. The molecule has 0 amide bonds. The van der Waals surface area contributed by atoms with Crippen LogP contribution >= 0.6 is 34.3 Å². The standard InChI is InChI=1S/C14H13ClN2OS2/c1-9-7-16-13(19-9)8-17-14(10-3-2-6-18-10)11-4-5-12(15)20-11/h2-7,14,17H,8H2,1H3. The molecule has 104 valence electrons. The van der Waals surface area contributed by atoms with Crippen LogP contribution in [0.25, 0.3) is 0 Å². The van der Waals surface area contributed by atoms with Gasteiger partial charge in [-0.3, -0.25) is 5.32 Å². The Morgan fingerprint density at radius 2 is 2.25 bits per heavy atom. The Bertz CT molecular complexity index is 675. The molecule has 3 nitrogen and oxygen atoms in total. The molecule has 3 heterocycles. The summed E-state index contributed by atoms with van der Waals surface area (Å²) in [6, 6.07) is 7.81. The molecular weight excluding hydrogens is 312 g/mol. The summed E-state index contributed by atoms with van der Waals surface area (Å²) < 4.78 is 6.32. The summed E-state index contributed by atoms with van der Waals surface area (Å²) in [4.78, 5) is 6.73. The normalized spacial score (nSPS) is 12.7. The SMILES string of the molecule is Cc1cnc(CNC(c2ccco2)c2ccc(Cl)s2)s1. The number of aromatic nitrogens is 1. The van der Waals surface area contributed by atoms with Crippen molar-refractivity contribution in [1.82, 2.24) is 10.3 Å². The highest BCUT2D eigenvalue weighted by Crippen LogP contribution is 2.31. The van der Waals surface area contributed by atoms with Gasteiger partial charge in [-0.25, -0.2) is 4.98 Å². The topological polar surface area (TPSA) is 38.1 Å². The minimum Gasteiger partial charge on any atom is -0.467 e. The van der Waals surface area contributed by atoms with Gasteiger partial charge in [0.1, 0.15) is 16.8 Å². The van der Waals surface area contributed by atoms with E-state index in [4.69, 9.17) is 16.0 Å². The second-order valence-corrected chi connectivity index (χ2v) is 7.40. The van der Waals surface area contributed by atoms with Crippen LogP contribution in [0.4, 0.5) is 0 Å². The summed E-state index contributed by atoms with van der Waals surface area (Å²) in [5.74, 6) is 0.886. The van der Waals surface area contributed by atoms with E-state index >= 15 is 0 Å². The molecule has 20 heavy (non-hydrogen) atoms. The first-order valence-corrected chi connectivity index (χ1v) is 8.17. The number of hydrogen-bond acceptors (Lipinski definition) is 5. The van der Waals surface area contributed by atoms with Gasteiger partial charge in [0.05, 0.1) is 10.6 Å². The lowest BCUT2D eigenvalue weighted by Crippen LogP contribution is -2.20. The van der Waals surface area contributed by atoms with Crippen LogP contribution in [0.2, 0.25) is 4.34 Å². The van der Waals surface area contributed by atoms with Crippen molar-refractivity contribution in [2.75, 3.05) is 0 Å². The molecule has 0 saturated carbocycles. The van der Waals surface area contributed by atoms with Crippen molar-refractivity contribution in [3.63, 3.8) is 0 Å². The van der Waals surface area contributed by atoms with Crippen molar-refractivity contribution in [3.8, 4) is 0 Å². The first-order chi connectivity index (χ1) is 9.72. The number of hydrogen-bond donors (Lipinski definition) is 1. The predicted molar refractivity (Wildman–Crippen MR) is 83.6 cm³/mol. The van der Waals surface area contributed by atoms with Crippen molar-refractivity contribution >= 4 is 34.3 Å². The quantitative estimate of drug-likeness (QED) is 0.743. The molecular formula is C14H13ClN2OS2. The number of furan rings is 1. The highest BCUT2D eigenvalue weighted by molar-refractivity contribution is 7.16. The zero-order valence-corrected chi connectivity index (χ0v) is 13.2. The van der Waals surface area contributed by atoms with Crippen LogP contribution in [0.3, 0.4) is 0 Å². The third-order valence-corrected chi connectivity index (χ3v) is 5.04. The second kappa shape index (κ2) is 6.10. The van der Waals surface area contributed by atoms with E-state index in [1.54, 1.807) is 28.9 Å². The molecule has 0 bridgehead atoms. The first kappa shape index (κ1) is 13.8. The Morgan fingerprint density at radius 1 is 1.35 bits per heavy atom. The highest BCUT2D eigenvalue weighted by atomic mass is 35.5. The van der Waals surface area contributed by atoms with Crippen LogP contribution in [-0.4, -0.2) is 4.98 Å². The molecule has 0 spiro atoms. The van der Waals surface area contributed by atoms with Gasteiger partial charge in [-0.05, 0) is 31.2 Å². The maximum absolute atomic E-state index is 6.04. The average molecular weight is 325 g/mol. The summed E-state index contributed by atoms with van der Waals surface area (Å²) in [7, 11) is 0. The van der Waals surface area contributed by atoms with Crippen molar-refractivity contribution in [1.29, 1.82) is 0 Å². The number of halogens is 1. The molecule has 1 atom stereocenters. The van der Waals surface area contributed by atoms with Gasteiger partial charge in [0.2, 0.25) is 0 Å². The van der Waals surface area contributed by atoms with Crippen LogP contribution in [0.15, 0.2) is 41.1 Å². The number of thiophene rings is 1. The van der Waals surface area contributed by atoms with Crippen molar-refractivity contribution in [2.24, 2.45) is 0 Å². The van der Waals surface area contributed by atoms with Gasteiger partial charge < -0.3 is 4.42 Å². The average Bonchev–Trinajstić information content (AvgIpc) is 3.13. The number of rotatable bonds is 5. The Balaban J connectivity index is 1.79. The molecule has 0 fully saturated rings. The molecule has 0 saturated heterocycles. The fraction of sp³-hybridized carbons (Fsp3) is 0.214. The highest BCUT2D eigenvalue weighted by Gasteiger charge is 2.18. The number of nitrogens with one attached hydrogen (secondary N) is 1. The lowest BCUT2D eigenvalue weighted by Gasteiger charge is -2.14. The third kappa shape index (κ3) is 3.12. The van der Waals surface area contributed by atoms with E-state index in [2.05, 4.69) is 17.2 Å². The molecule has 3 aromatic heterocycles. The van der Waals surface area contributed by atoms with Crippen LogP contribution < -0.4 is 5.32 Å². The van der Waals surface area contributed by atoms with Crippen molar-refractivity contribution < 1.29 is 4.42 Å². The largest absolute Gasteiger partial charge is 0.467 e. The molecule has 0 aliphatic carbocycles. The monoisotopic (exact) mass is 324 g/mol. The molecule has 0 aliphatic rings. The van der Waals surface area contributed by atoms with E-state index in [1.165, 1.54) is 4.88 Å².